The van der Waals surface area contributed by atoms with E-state index in [0.717, 1.165) is 12.0 Å². The Morgan fingerprint density at radius 1 is 1.32 bits per heavy atom. The predicted molar refractivity (Wildman–Crippen MR) is 91.2 cm³/mol. The van der Waals surface area contributed by atoms with Gasteiger partial charge in [0.1, 0.15) is 17.8 Å². The van der Waals surface area contributed by atoms with Crippen LogP contribution in [0.25, 0.3) is 17.3 Å². The van der Waals surface area contributed by atoms with Gasteiger partial charge in [0, 0.05) is 24.9 Å². The molecule has 3 heterocycles. The molecule has 25 heavy (non-hydrogen) atoms. The molecule has 0 bridgehead atoms. The fourth-order valence-electron chi connectivity index (χ4n) is 2.15. The standard InChI is InChI=1S/C17H20N6O2/c1-4-11(3)20-16(24)13-9-23(10-19-13)15-7-6-12(8-18-15)17-21-14(5-2)22-25-17/h6-11H,4-5H2,1-3H3,(H,20,24)/t11-/m1/s1. The van der Waals surface area contributed by atoms with Crippen molar-refractivity contribution in [3.8, 4) is 17.3 Å². The number of rotatable bonds is 6. The van der Waals surface area contributed by atoms with Gasteiger partial charge in [-0.15, -0.1) is 0 Å². The van der Waals surface area contributed by atoms with Gasteiger partial charge >= 0.3 is 0 Å². The van der Waals surface area contributed by atoms with Gasteiger partial charge in [-0.1, -0.05) is 19.0 Å². The zero-order valence-corrected chi connectivity index (χ0v) is 14.4. The average Bonchev–Trinajstić information content (AvgIpc) is 3.31. The minimum atomic E-state index is -0.192. The topological polar surface area (TPSA) is 98.7 Å². The summed E-state index contributed by atoms with van der Waals surface area (Å²) in [6, 6.07) is 3.76. The second-order valence-corrected chi connectivity index (χ2v) is 5.72. The average molecular weight is 340 g/mol. The summed E-state index contributed by atoms with van der Waals surface area (Å²) in [5.41, 5.74) is 1.10. The number of amides is 1. The normalized spacial score (nSPS) is 12.1. The van der Waals surface area contributed by atoms with Gasteiger partial charge in [0.15, 0.2) is 5.82 Å². The number of nitrogens with one attached hydrogen (secondary N) is 1. The third-order valence-corrected chi connectivity index (χ3v) is 3.85. The monoisotopic (exact) mass is 340 g/mol. The molecule has 0 radical (unpaired) electrons. The molecule has 8 nitrogen and oxygen atoms in total. The third kappa shape index (κ3) is 3.73. The molecule has 1 atom stereocenters. The second-order valence-electron chi connectivity index (χ2n) is 5.72. The van der Waals surface area contributed by atoms with Crippen LogP contribution in [0.2, 0.25) is 0 Å². The Balaban J connectivity index is 1.75. The van der Waals surface area contributed by atoms with Crippen LogP contribution in [-0.2, 0) is 6.42 Å². The molecule has 0 saturated carbocycles. The Hall–Kier alpha value is -3.03. The van der Waals surface area contributed by atoms with Gasteiger partial charge in [-0.2, -0.15) is 4.98 Å². The Labute approximate surface area is 145 Å². The van der Waals surface area contributed by atoms with Crippen LogP contribution in [0.4, 0.5) is 0 Å². The fourth-order valence-corrected chi connectivity index (χ4v) is 2.15. The van der Waals surface area contributed by atoms with E-state index in [-0.39, 0.29) is 11.9 Å². The van der Waals surface area contributed by atoms with E-state index in [2.05, 4.69) is 25.4 Å². The molecule has 0 unspecified atom stereocenters. The van der Waals surface area contributed by atoms with Crippen molar-refractivity contribution >= 4 is 5.91 Å². The first kappa shape index (κ1) is 16.8. The molecule has 1 N–H and O–H groups in total. The molecule has 3 aromatic heterocycles. The highest BCUT2D eigenvalue weighted by molar-refractivity contribution is 5.92. The largest absolute Gasteiger partial charge is 0.348 e. The lowest BCUT2D eigenvalue weighted by Gasteiger charge is -2.09. The summed E-state index contributed by atoms with van der Waals surface area (Å²) < 4.78 is 6.89. The van der Waals surface area contributed by atoms with Crippen molar-refractivity contribution in [2.45, 2.75) is 39.7 Å². The molecule has 0 aliphatic heterocycles. The second kappa shape index (κ2) is 7.25. The molecule has 0 aliphatic carbocycles. The van der Waals surface area contributed by atoms with Gasteiger partial charge in [-0.25, -0.2) is 9.97 Å². The van der Waals surface area contributed by atoms with Gasteiger partial charge < -0.3 is 9.84 Å². The summed E-state index contributed by atoms with van der Waals surface area (Å²) >= 11 is 0. The molecule has 130 valence electrons. The summed E-state index contributed by atoms with van der Waals surface area (Å²) in [4.78, 5) is 24.9. The number of carbonyl (C=O) groups excluding carboxylic acids is 1. The van der Waals surface area contributed by atoms with E-state index >= 15 is 0 Å². The lowest BCUT2D eigenvalue weighted by Crippen LogP contribution is -2.32. The van der Waals surface area contributed by atoms with Gasteiger partial charge in [0.05, 0.1) is 5.56 Å². The minimum Gasteiger partial charge on any atom is -0.348 e. The summed E-state index contributed by atoms with van der Waals surface area (Å²) in [5, 5.41) is 6.76. The molecule has 0 aromatic carbocycles. The molecule has 0 aliphatic rings. The van der Waals surface area contributed by atoms with Crippen molar-refractivity contribution in [1.82, 2.24) is 30.0 Å². The van der Waals surface area contributed by atoms with E-state index in [9.17, 15) is 4.79 Å². The Kier molecular flexibility index (Phi) is 4.87. The van der Waals surface area contributed by atoms with Crippen molar-refractivity contribution in [1.29, 1.82) is 0 Å². The number of hydrogen-bond acceptors (Lipinski definition) is 6. The number of aryl methyl sites for hydroxylation is 1. The molecule has 0 saturated heterocycles. The molecule has 8 heteroatoms. The lowest BCUT2D eigenvalue weighted by atomic mass is 10.2. The number of nitrogens with zero attached hydrogens (tertiary/aromatic N) is 5. The van der Waals surface area contributed by atoms with Crippen molar-refractivity contribution in [3.05, 3.63) is 42.4 Å². The van der Waals surface area contributed by atoms with E-state index < -0.39 is 0 Å². The number of imidazole rings is 1. The molecule has 1 amide bonds. The van der Waals surface area contributed by atoms with Crippen LogP contribution in [0.5, 0.6) is 0 Å². The molecule has 3 aromatic rings. The highest BCUT2D eigenvalue weighted by Gasteiger charge is 2.13. The lowest BCUT2D eigenvalue weighted by molar-refractivity contribution is 0.0934. The number of pyridine rings is 1. The van der Waals surface area contributed by atoms with Gasteiger partial charge in [-0.3, -0.25) is 9.36 Å². The van der Waals surface area contributed by atoms with Gasteiger partial charge in [-0.05, 0) is 25.5 Å². The fraction of sp³-hybridized carbons (Fsp3) is 0.353. The zero-order chi connectivity index (χ0) is 17.8. The predicted octanol–water partition coefficient (Wildman–Crippen LogP) is 2.41. The maximum atomic E-state index is 12.1. The molecule has 3 rings (SSSR count). The van der Waals surface area contributed by atoms with E-state index in [1.807, 2.05) is 32.9 Å². The van der Waals surface area contributed by atoms with Crippen molar-refractivity contribution < 1.29 is 9.32 Å². The summed E-state index contributed by atoms with van der Waals surface area (Å²) in [5.74, 6) is 1.55. The maximum absolute atomic E-state index is 12.1. The summed E-state index contributed by atoms with van der Waals surface area (Å²) in [6.07, 6.45) is 6.45. The first-order chi connectivity index (χ1) is 12.1. The number of carbonyl (C=O) groups is 1. The summed E-state index contributed by atoms with van der Waals surface area (Å²) in [6.45, 7) is 5.93. The molecule has 0 spiro atoms. The van der Waals surface area contributed by atoms with E-state index in [0.29, 0.717) is 29.6 Å². The van der Waals surface area contributed by atoms with E-state index in [1.165, 1.54) is 0 Å². The van der Waals surface area contributed by atoms with Crippen LogP contribution >= 0.6 is 0 Å². The Morgan fingerprint density at radius 3 is 2.80 bits per heavy atom. The van der Waals surface area contributed by atoms with Crippen molar-refractivity contribution in [2.75, 3.05) is 0 Å². The SMILES string of the molecule is CCc1noc(-c2ccc(-n3cnc(C(=O)N[C@H](C)CC)c3)nc2)n1. The summed E-state index contributed by atoms with van der Waals surface area (Å²) in [7, 11) is 0. The maximum Gasteiger partial charge on any atom is 0.271 e. The van der Waals surface area contributed by atoms with Crippen molar-refractivity contribution in [2.24, 2.45) is 0 Å². The van der Waals surface area contributed by atoms with E-state index in [4.69, 9.17) is 4.52 Å². The molecular weight excluding hydrogens is 320 g/mol. The van der Waals surface area contributed by atoms with Crippen LogP contribution in [0.15, 0.2) is 35.4 Å². The van der Waals surface area contributed by atoms with E-state index in [1.54, 1.807) is 23.3 Å². The van der Waals surface area contributed by atoms with Crippen molar-refractivity contribution in [3.63, 3.8) is 0 Å². The van der Waals surface area contributed by atoms with Crippen LogP contribution in [-0.4, -0.2) is 36.6 Å². The van der Waals surface area contributed by atoms with Crippen LogP contribution in [0.3, 0.4) is 0 Å². The highest BCUT2D eigenvalue weighted by atomic mass is 16.5. The van der Waals surface area contributed by atoms with Crippen LogP contribution in [0.1, 0.15) is 43.5 Å². The minimum absolute atomic E-state index is 0.109. The molecular formula is C17H20N6O2. The van der Waals surface area contributed by atoms with Crippen LogP contribution in [0, 0.1) is 0 Å². The Bertz CT molecular complexity index is 852. The number of hydrogen-bond donors (Lipinski definition) is 1. The zero-order valence-electron chi connectivity index (χ0n) is 14.4. The van der Waals surface area contributed by atoms with Gasteiger partial charge in [0.25, 0.3) is 11.8 Å². The third-order valence-electron chi connectivity index (χ3n) is 3.85. The first-order valence-corrected chi connectivity index (χ1v) is 8.25. The Morgan fingerprint density at radius 2 is 2.16 bits per heavy atom. The smallest absolute Gasteiger partial charge is 0.271 e. The molecule has 0 fully saturated rings. The van der Waals surface area contributed by atoms with Gasteiger partial charge in [0.2, 0.25) is 0 Å². The highest BCUT2D eigenvalue weighted by Crippen LogP contribution is 2.17. The quantitative estimate of drug-likeness (QED) is 0.740. The first-order valence-electron chi connectivity index (χ1n) is 8.25. The van der Waals surface area contributed by atoms with Crippen LogP contribution < -0.4 is 5.32 Å². The number of aromatic nitrogens is 5.